The lowest BCUT2D eigenvalue weighted by Crippen LogP contribution is -2.42. The van der Waals surface area contributed by atoms with E-state index in [0.717, 1.165) is 42.4 Å². The molecule has 4 rings (SSSR count). The lowest BCUT2D eigenvalue weighted by Gasteiger charge is -2.34. The van der Waals surface area contributed by atoms with Crippen LogP contribution in [0.5, 0.6) is 0 Å². The zero-order chi connectivity index (χ0) is 17.1. The maximum atomic E-state index is 13.3. The maximum absolute atomic E-state index is 13.3. The fraction of sp³-hybridized carbons (Fsp3) is 0.286. The topological polar surface area (TPSA) is 29.5 Å². The van der Waals surface area contributed by atoms with Gasteiger partial charge in [-0.15, -0.1) is 11.3 Å². The normalized spacial score (nSPS) is 15.4. The summed E-state index contributed by atoms with van der Waals surface area (Å²) in [6.45, 7) is 2.14. The van der Waals surface area contributed by atoms with E-state index in [0.29, 0.717) is 6.54 Å². The molecule has 2 heterocycles. The molecule has 3 nitrogen and oxygen atoms in total. The molecule has 3 aromatic rings. The van der Waals surface area contributed by atoms with Gasteiger partial charge in [0.25, 0.3) is 5.91 Å². The second kappa shape index (κ2) is 7.38. The van der Waals surface area contributed by atoms with Crippen LogP contribution < -0.4 is 0 Å². The first-order valence-corrected chi connectivity index (χ1v) is 9.59. The molecule has 1 aliphatic heterocycles. The van der Waals surface area contributed by atoms with Gasteiger partial charge in [0, 0.05) is 29.7 Å². The van der Waals surface area contributed by atoms with Crippen LogP contribution in [0.2, 0.25) is 0 Å². The summed E-state index contributed by atoms with van der Waals surface area (Å²) in [4.78, 5) is 16.6. The fourth-order valence-electron chi connectivity index (χ4n) is 3.42. The van der Waals surface area contributed by atoms with E-state index in [9.17, 15) is 4.79 Å². The second-order valence-electron chi connectivity index (χ2n) is 6.42. The quantitative estimate of drug-likeness (QED) is 0.680. The van der Waals surface area contributed by atoms with Crippen molar-refractivity contribution in [3.63, 3.8) is 0 Å². The van der Waals surface area contributed by atoms with E-state index >= 15 is 0 Å². The van der Waals surface area contributed by atoms with Crippen LogP contribution in [-0.4, -0.2) is 30.1 Å². The number of carbonyl (C=O) groups excluding carboxylic acids is 1. The molecule has 1 aromatic heterocycles. The molecule has 1 fully saturated rings. The summed E-state index contributed by atoms with van der Waals surface area (Å²) >= 11 is 1.71. The molecule has 0 unspecified atom stereocenters. The van der Waals surface area contributed by atoms with Gasteiger partial charge >= 0.3 is 0 Å². The third-order valence-corrected chi connectivity index (χ3v) is 5.66. The van der Waals surface area contributed by atoms with E-state index < -0.39 is 0 Å². The zero-order valence-electron chi connectivity index (χ0n) is 14.1. The Morgan fingerprint density at radius 1 is 1.04 bits per heavy atom. The number of fused-ring (bicyclic) bond motifs is 1. The lowest BCUT2D eigenvalue weighted by atomic mass is 10.0. The smallest absolute Gasteiger partial charge is 0.254 e. The number of rotatable bonds is 4. The minimum atomic E-state index is 0.117. The van der Waals surface area contributed by atoms with Crippen LogP contribution in [0.4, 0.5) is 0 Å². The van der Waals surface area contributed by atoms with E-state index in [4.69, 9.17) is 4.74 Å². The molecule has 1 amide bonds. The first-order valence-electron chi connectivity index (χ1n) is 8.71. The van der Waals surface area contributed by atoms with Crippen molar-refractivity contribution in [3.8, 4) is 0 Å². The first kappa shape index (κ1) is 16.3. The molecule has 25 heavy (non-hydrogen) atoms. The van der Waals surface area contributed by atoms with Crippen molar-refractivity contribution in [2.24, 2.45) is 0 Å². The molecule has 0 N–H and O–H groups in total. The van der Waals surface area contributed by atoms with Crippen LogP contribution >= 0.6 is 11.3 Å². The van der Waals surface area contributed by atoms with Gasteiger partial charge in [0.05, 0.1) is 6.54 Å². The van der Waals surface area contributed by atoms with Gasteiger partial charge in [-0.3, -0.25) is 4.79 Å². The number of thiophene rings is 1. The highest BCUT2D eigenvalue weighted by molar-refractivity contribution is 7.09. The molecule has 0 spiro atoms. The highest BCUT2D eigenvalue weighted by atomic mass is 32.1. The third-order valence-electron chi connectivity index (χ3n) is 4.80. The van der Waals surface area contributed by atoms with E-state index in [2.05, 4.69) is 23.6 Å². The molecule has 4 heteroatoms. The Morgan fingerprint density at radius 3 is 2.60 bits per heavy atom. The van der Waals surface area contributed by atoms with Gasteiger partial charge < -0.3 is 9.64 Å². The van der Waals surface area contributed by atoms with Crippen molar-refractivity contribution in [2.75, 3.05) is 13.2 Å². The van der Waals surface area contributed by atoms with Gasteiger partial charge in [0.1, 0.15) is 0 Å². The van der Waals surface area contributed by atoms with E-state index in [1.165, 1.54) is 4.88 Å². The Labute approximate surface area is 151 Å². The molecule has 0 atom stereocenters. The molecule has 0 aliphatic carbocycles. The fourth-order valence-corrected chi connectivity index (χ4v) is 4.12. The second-order valence-corrected chi connectivity index (χ2v) is 7.45. The molecule has 2 aromatic carbocycles. The maximum Gasteiger partial charge on any atom is 0.254 e. The lowest BCUT2D eigenvalue weighted by molar-refractivity contribution is 0.0270. The number of hydrogen-bond donors (Lipinski definition) is 0. The average molecular weight is 351 g/mol. The van der Waals surface area contributed by atoms with Gasteiger partial charge in [-0.05, 0) is 47.2 Å². The number of carbonyl (C=O) groups is 1. The summed E-state index contributed by atoms with van der Waals surface area (Å²) in [6.07, 6.45) is 1.81. The Balaban J connectivity index is 1.65. The van der Waals surface area contributed by atoms with Crippen molar-refractivity contribution in [3.05, 3.63) is 70.4 Å². The standard InChI is InChI=1S/C21H21NO2S/c23-21(18-8-7-16-4-1-2-5-17(16)14-18)22(15-20-6-3-13-25-20)19-9-11-24-12-10-19/h1-8,13-14,19H,9-12,15H2. The third kappa shape index (κ3) is 3.60. The Hall–Kier alpha value is -2.17. The highest BCUT2D eigenvalue weighted by Crippen LogP contribution is 2.24. The Morgan fingerprint density at radius 2 is 1.84 bits per heavy atom. The molecule has 1 aliphatic rings. The molecule has 0 radical (unpaired) electrons. The van der Waals surface area contributed by atoms with Crippen molar-refractivity contribution in [1.29, 1.82) is 0 Å². The minimum Gasteiger partial charge on any atom is -0.381 e. The summed E-state index contributed by atoms with van der Waals surface area (Å²) in [6, 6.07) is 18.6. The molecule has 128 valence electrons. The van der Waals surface area contributed by atoms with E-state index in [-0.39, 0.29) is 11.9 Å². The number of nitrogens with zero attached hydrogens (tertiary/aromatic N) is 1. The number of benzene rings is 2. The Bertz CT molecular complexity index is 853. The van der Waals surface area contributed by atoms with Crippen molar-refractivity contribution in [2.45, 2.75) is 25.4 Å². The van der Waals surface area contributed by atoms with Gasteiger partial charge in [-0.1, -0.05) is 36.4 Å². The van der Waals surface area contributed by atoms with E-state index in [1.54, 1.807) is 11.3 Å². The summed E-state index contributed by atoms with van der Waals surface area (Å²) in [7, 11) is 0. The molecule has 1 saturated heterocycles. The van der Waals surface area contributed by atoms with Crippen molar-refractivity contribution >= 4 is 28.0 Å². The van der Waals surface area contributed by atoms with Crippen LogP contribution in [0, 0.1) is 0 Å². The van der Waals surface area contributed by atoms with Crippen LogP contribution in [0.25, 0.3) is 10.8 Å². The highest BCUT2D eigenvalue weighted by Gasteiger charge is 2.27. The SMILES string of the molecule is O=C(c1ccc2ccccc2c1)N(Cc1cccs1)C1CCOCC1. The largest absolute Gasteiger partial charge is 0.381 e. The number of hydrogen-bond acceptors (Lipinski definition) is 3. The monoisotopic (exact) mass is 351 g/mol. The van der Waals surface area contributed by atoms with E-state index in [1.807, 2.05) is 41.3 Å². The molecule has 0 saturated carbocycles. The first-order chi connectivity index (χ1) is 12.3. The van der Waals surface area contributed by atoms with Crippen LogP contribution in [0.3, 0.4) is 0 Å². The molecular weight excluding hydrogens is 330 g/mol. The van der Waals surface area contributed by atoms with Gasteiger partial charge in [-0.25, -0.2) is 0 Å². The van der Waals surface area contributed by atoms with Gasteiger partial charge in [0.2, 0.25) is 0 Å². The van der Waals surface area contributed by atoms with Crippen molar-refractivity contribution in [1.82, 2.24) is 4.90 Å². The van der Waals surface area contributed by atoms with Crippen molar-refractivity contribution < 1.29 is 9.53 Å². The summed E-state index contributed by atoms with van der Waals surface area (Å²) in [5.41, 5.74) is 0.766. The van der Waals surface area contributed by atoms with Crippen LogP contribution in [-0.2, 0) is 11.3 Å². The Kier molecular flexibility index (Phi) is 4.81. The predicted molar refractivity (Wildman–Crippen MR) is 102 cm³/mol. The van der Waals surface area contributed by atoms with Gasteiger partial charge in [0.15, 0.2) is 0 Å². The zero-order valence-corrected chi connectivity index (χ0v) is 14.9. The molecule has 0 bridgehead atoms. The predicted octanol–water partition coefficient (Wildman–Crippen LogP) is 4.72. The summed E-state index contributed by atoms with van der Waals surface area (Å²) in [5, 5.41) is 4.34. The average Bonchev–Trinajstić information content (AvgIpc) is 3.19. The summed E-state index contributed by atoms with van der Waals surface area (Å²) < 4.78 is 5.49. The van der Waals surface area contributed by atoms with Crippen LogP contribution in [0.1, 0.15) is 28.1 Å². The number of amides is 1. The number of ether oxygens (including phenoxy) is 1. The minimum absolute atomic E-state index is 0.117. The molecular formula is C21H21NO2S. The van der Waals surface area contributed by atoms with Gasteiger partial charge in [-0.2, -0.15) is 0 Å². The van der Waals surface area contributed by atoms with Crippen LogP contribution in [0.15, 0.2) is 60.0 Å². The summed E-state index contributed by atoms with van der Waals surface area (Å²) in [5.74, 6) is 0.117.